The lowest BCUT2D eigenvalue weighted by atomic mass is 9.44. The van der Waals surface area contributed by atoms with Crippen molar-refractivity contribution in [3.8, 4) is 0 Å². The molecule has 0 saturated heterocycles. The van der Waals surface area contributed by atoms with Crippen LogP contribution in [0.1, 0.15) is 165 Å². The maximum atomic E-state index is 15.0. The van der Waals surface area contributed by atoms with Gasteiger partial charge in [0.15, 0.2) is 17.3 Å². The van der Waals surface area contributed by atoms with E-state index in [0.29, 0.717) is 72.4 Å². The van der Waals surface area contributed by atoms with Gasteiger partial charge >= 0.3 is 5.63 Å². The molecule has 1 aromatic rings. The molecule has 68 heavy (non-hydrogen) atoms. The highest BCUT2D eigenvalue weighted by molar-refractivity contribution is 6.02. The summed E-state index contributed by atoms with van der Waals surface area (Å²) in [5.41, 5.74) is -1.48. The van der Waals surface area contributed by atoms with Crippen molar-refractivity contribution in [2.24, 2.45) is 73.9 Å². The highest BCUT2D eigenvalue weighted by atomic mass is 16.4. The van der Waals surface area contributed by atoms with Crippen LogP contribution in [0, 0.1) is 80.8 Å². The molecule has 0 aliphatic heterocycles. The first-order valence-electron chi connectivity index (χ1n) is 25.4. The zero-order valence-electron chi connectivity index (χ0n) is 43.1. The van der Waals surface area contributed by atoms with E-state index in [1.807, 2.05) is 65.8 Å². The van der Waals surface area contributed by atoms with Crippen LogP contribution in [0.2, 0.25) is 0 Å². The summed E-state index contributed by atoms with van der Waals surface area (Å²) in [6.07, 6.45) is 15.2. The quantitative estimate of drug-likeness (QED) is 0.152. The lowest BCUT2D eigenvalue weighted by molar-refractivity contribution is -0.165. The Morgan fingerprint density at radius 2 is 1.32 bits per heavy atom. The fourth-order valence-corrected chi connectivity index (χ4v) is 16.5. The zero-order chi connectivity index (χ0) is 50.1. The number of ketones is 6. The largest absolute Gasteiger partial charge is 0.423 e. The van der Waals surface area contributed by atoms with E-state index >= 15 is 4.79 Å². The van der Waals surface area contributed by atoms with Crippen molar-refractivity contribution in [1.82, 2.24) is 0 Å². The van der Waals surface area contributed by atoms with Gasteiger partial charge in [-0.1, -0.05) is 85.8 Å². The summed E-state index contributed by atoms with van der Waals surface area (Å²) >= 11 is 0. The molecule has 0 amide bonds. The Hall–Kier alpha value is -4.37. The van der Waals surface area contributed by atoms with Gasteiger partial charge < -0.3 is 9.52 Å². The summed E-state index contributed by atoms with van der Waals surface area (Å²) in [6.45, 7) is 25.5. The van der Waals surface area contributed by atoms with Crippen molar-refractivity contribution in [2.45, 2.75) is 166 Å². The molecule has 0 bridgehead atoms. The predicted octanol–water partition coefficient (Wildman–Crippen LogP) is 11.0. The minimum atomic E-state index is -1.90. The number of carbonyl (C=O) groups is 6. The second-order valence-corrected chi connectivity index (χ2v) is 25.2. The lowest BCUT2D eigenvalue weighted by Crippen LogP contribution is -2.60. The number of aryl methyl sites for hydroxylation is 1. The number of hydrogen-bond acceptors (Lipinski definition) is 9. The third-order valence-corrected chi connectivity index (χ3v) is 20.2. The van der Waals surface area contributed by atoms with Crippen LogP contribution in [0.4, 0.5) is 0 Å². The molecule has 6 fully saturated rings. The van der Waals surface area contributed by atoms with Crippen LogP contribution < -0.4 is 5.63 Å². The Balaban J connectivity index is 1.15. The maximum absolute atomic E-state index is 15.0. The lowest BCUT2D eigenvalue weighted by Gasteiger charge is -2.60. The number of Topliss-reactive ketones (excluding diaryl/α,β-unsaturated/α-hetero) is 6. The topological polar surface area (TPSA) is 153 Å². The van der Waals surface area contributed by atoms with Gasteiger partial charge in [-0.3, -0.25) is 28.8 Å². The first-order valence-corrected chi connectivity index (χ1v) is 25.4. The fourth-order valence-electron chi connectivity index (χ4n) is 16.5. The molecule has 9 nitrogen and oxygen atoms in total. The van der Waals surface area contributed by atoms with Crippen molar-refractivity contribution in [3.63, 3.8) is 0 Å². The Morgan fingerprint density at radius 3 is 1.91 bits per heavy atom. The highest BCUT2D eigenvalue weighted by Gasteiger charge is 2.71. The minimum Gasteiger partial charge on any atom is -0.423 e. The smallest absolute Gasteiger partial charge is 0.339 e. The first kappa shape index (κ1) is 50.0. The predicted molar refractivity (Wildman–Crippen MR) is 263 cm³/mol. The monoisotopic (exact) mass is 929 g/mol. The summed E-state index contributed by atoms with van der Waals surface area (Å²) in [4.78, 5) is 96.8. The molecule has 0 unspecified atom stereocenters. The summed E-state index contributed by atoms with van der Waals surface area (Å²) in [6, 6.07) is 3.39. The van der Waals surface area contributed by atoms with E-state index in [4.69, 9.17) is 4.42 Å². The average molecular weight is 929 g/mol. The van der Waals surface area contributed by atoms with E-state index in [2.05, 4.69) is 20.8 Å². The fraction of sp³-hybridized carbons (Fsp3) is 0.644. The molecule has 0 radical (unpaired) electrons. The van der Waals surface area contributed by atoms with Gasteiger partial charge in [-0.05, 0) is 148 Å². The van der Waals surface area contributed by atoms with Crippen LogP contribution in [-0.2, 0) is 28.8 Å². The molecule has 0 spiro atoms. The number of aliphatic hydroxyl groups is 1. The molecule has 9 heteroatoms. The molecular weight excluding hydrogens is 853 g/mol. The third kappa shape index (κ3) is 7.51. The Labute approximate surface area is 403 Å². The van der Waals surface area contributed by atoms with Gasteiger partial charge in [0.05, 0.1) is 0 Å². The number of rotatable bonds is 8. The summed E-state index contributed by atoms with van der Waals surface area (Å²) < 4.78 is 5.69. The highest BCUT2D eigenvalue weighted by Crippen LogP contribution is 2.71. The molecule has 12 atom stereocenters. The minimum absolute atomic E-state index is 0.0325. The van der Waals surface area contributed by atoms with E-state index in [9.17, 15) is 33.9 Å². The summed E-state index contributed by atoms with van der Waals surface area (Å²) in [5.74, 6) is -1.95. The third-order valence-electron chi connectivity index (χ3n) is 20.2. The molecule has 8 rings (SSSR count). The average Bonchev–Trinajstić information content (AvgIpc) is 3.65. The summed E-state index contributed by atoms with van der Waals surface area (Å²) in [7, 11) is 0. The Morgan fingerprint density at radius 1 is 0.735 bits per heavy atom. The van der Waals surface area contributed by atoms with Crippen LogP contribution in [0.5, 0.6) is 0 Å². The van der Waals surface area contributed by atoms with Gasteiger partial charge in [0, 0.05) is 76.2 Å². The molecule has 0 aromatic carbocycles. The number of fused-ring (bicyclic) bond motifs is 6. The van der Waals surface area contributed by atoms with Gasteiger partial charge in [-0.2, -0.15) is 0 Å². The van der Waals surface area contributed by atoms with E-state index < -0.39 is 45.2 Å². The van der Waals surface area contributed by atoms with Crippen LogP contribution in [0.25, 0.3) is 5.57 Å². The molecule has 6 saturated carbocycles. The van der Waals surface area contributed by atoms with E-state index in [1.54, 1.807) is 39.0 Å². The first-order chi connectivity index (χ1) is 31.5. The van der Waals surface area contributed by atoms with Crippen LogP contribution >= 0.6 is 0 Å². The second kappa shape index (κ2) is 16.6. The van der Waals surface area contributed by atoms with E-state index in [0.717, 1.165) is 30.4 Å². The Bertz CT molecular complexity index is 2630. The molecule has 1 heterocycles. The van der Waals surface area contributed by atoms with Gasteiger partial charge in [0.1, 0.15) is 28.7 Å². The Kier molecular flexibility index (Phi) is 12.2. The van der Waals surface area contributed by atoms with Crippen LogP contribution in [0.15, 0.2) is 74.0 Å². The standard InChI is InChI=1S/C59H76O9/c1-32(50-42(61)28-44-55(50,10)21-19-38-26-46(62)53(6,7)30-56(38,44)11)15-14-16-33(2)51(65)49-37(23-35(4)43-18-17-34(3)52(66)68-43)24-40(25-41(49)36(5)60)59(67)48(64)29-45-57(12)31-54(8,9)47(63)27-39(57)20-22-58(45,59)13/h14-18,23-24,37-39,41,44-45,49,67H,19-22,25-31H2,1-13H3/b15-14+,33-16+,35-23+,50-32+/t37-,38+,39+,41+,44-,45+,49-,55+,56+,57+,58+,59+/m1/s1. The van der Waals surface area contributed by atoms with Gasteiger partial charge in [-0.25, -0.2) is 4.79 Å². The maximum Gasteiger partial charge on any atom is 0.339 e. The van der Waals surface area contributed by atoms with Crippen LogP contribution in [-0.4, -0.2) is 45.4 Å². The number of carbonyl (C=O) groups excluding carboxylic acids is 6. The molecule has 7 aliphatic rings. The molecular formula is C59H76O9. The number of hydrogen-bond donors (Lipinski definition) is 1. The van der Waals surface area contributed by atoms with Crippen LogP contribution in [0.3, 0.4) is 0 Å². The molecule has 7 aliphatic carbocycles. The van der Waals surface area contributed by atoms with Gasteiger partial charge in [-0.15, -0.1) is 0 Å². The van der Waals surface area contributed by atoms with Crippen molar-refractivity contribution < 1.29 is 38.3 Å². The SMILES string of the molecule is CC(=O)[C@@H]1CC([C@]2(O)C(=O)C[C@H]3[C@@]4(C)CC(C)(C)C(=O)C[C@@H]4CC[C@@]32C)=C[C@@H](/C=C(\C)c2ccc(C)c(=O)o2)[C@H]1C(=O)/C(C)=C/C=C/C(C)=C1\C(=O)C[C@H]2[C@@]3(C)CC(C)(C)C(=O)C[C@@H]3CC[C@]12C. The molecule has 1 aromatic heterocycles. The summed E-state index contributed by atoms with van der Waals surface area (Å²) in [5, 5.41) is 13.2. The van der Waals surface area contributed by atoms with Crippen molar-refractivity contribution in [1.29, 1.82) is 0 Å². The molecule has 1 N–H and O–H groups in total. The second-order valence-electron chi connectivity index (χ2n) is 25.2. The van der Waals surface area contributed by atoms with Crippen molar-refractivity contribution >= 4 is 40.3 Å². The molecule has 366 valence electrons. The van der Waals surface area contributed by atoms with Gasteiger partial charge in [0.25, 0.3) is 0 Å². The van der Waals surface area contributed by atoms with Crippen molar-refractivity contribution in [2.75, 3.05) is 0 Å². The van der Waals surface area contributed by atoms with Crippen molar-refractivity contribution in [3.05, 3.63) is 86.5 Å². The normalized spacial score (nSPS) is 40.9. The zero-order valence-corrected chi connectivity index (χ0v) is 43.1. The van der Waals surface area contributed by atoms with Gasteiger partial charge in [0.2, 0.25) is 0 Å². The number of allylic oxidation sites excluding steroid dienone is 9. The van der Waals surface area contributed by atoms with E-state index in [-0.39, 0.29) is 81.7 Å². The van der Waals surface area contributed by atoms with E-state index in [1.165, 1.54) is 6.92 Å².